The summed E-state index contributed by atoms with van der Waals surface area (Å²) in [7, 11) is 0. The van der Waals surface area contributed by atoms with Crippen molar-refractivity contribution in [2.45, 2.75) is 20.8 Å². The van der Waals surface area contributed by atoms with Crippen LogP contribution in [-0.4, -0.2) is 20.6 Å². The maximum Gasteiger partial charge on any atom is 0.172 e. The van der Waals surface area contributed by atoms with Gasteiger partial charge in [-0.3, -0.25) is 0 Å². The summed E-state index contributed by atoms with van der Waals surface area (Å²) in [5, 5.41) is 11.9. The van der Waals surface area contributed by atoms with E-state index in [-0.39, 0.29) is 5.84 Å². The van der Waals surface area contributed by atoms with Crippen LogP contribution in [0.3, 0.4) is 0 Å². The lowest BCUT2D eigenvalue weighted by atomic mass is 10.1. The number of oxime groups is 1. The Kier molecular flexibility index (Phi) is 3.06. The molecule has 94 valence electrons. The maximum absolute atomic E-state index is 8.84. The quantitative estimate of drug-likeness (QED) is 0.366. The Morgan fingerprint density at radius 2 is 2.06 bits per heavy atom. The molecule has 0 amide bonds. The first-order valence-corrected chi connectivity index (χ1v) is 5.64. The van der Waals surface area contributed by atoms with Crippen LogP contribution in [0.15, 0.2) is 29.7 Å². The van der Waals surface area contributed by atoms with Gasteiger partial charge in [0, 0.05) is 11.3 Å². The molecule has 5 heteroatoms. The normalized spacial score (nSPS) is 11.8. The highest BCUT2D eigenvalue weighted by molar-refractivity contribution is 6.00. The zero-order valence-corrected chi connectivity index (χ0v) is 10.7. The number of benzene rings is 1. The molecule has 5 nitrogen and oxygen atoms in total. The number of aryl methyl sites for hydroxylation is 2. The van der Waals surface area contributed by atoms with Gasteiger partial charge in [-0.05, 0) is 38.5 Å². The predicted molar refractivity (Wildman–Crippen MR) is 70.3 cm³/mol. The van der Waals surface area contributed by atoms with Crippen molar-refractivity contribution in [3.05, 3.63) is 47.0 Å². The van der Waals surface area contributed by atoms with E-state index >= 15 is 0 Å². The molecule has 1 aromatic heterocycles. The van der Waals surface area contributed by atoms with E-state index in [1.807, 2.05) is 43.5 Å². The second kappa shape index (κ2) is 4.52. The van der Waals surface area contributed by atoms with Crippen molar-refractivity contribution in [3.8, 4) is 5.69 Å². The molecule has 0 spiro atoms. The number of hydrogen-bond donors (Lipinski definition) is 2. The molecule has 0 aliphatic carbocycles. The second-order valence-corrected chi connectivity index (χ2v) is 4.29. The van der Waals surface area contributed by atoms with Gasteiger partial charge in [0.1, 0.15) is 0 Å². The van der Waals surface area contributed by atoms with E-state index in [1.54, 1.807) is 6.33 Å². The Balaban J connectivity index is 2.69. The third-order valence-corrected chi connectivity index (χ3v) is 3.05. The smallest absolute Gasteiger partial charge is 0.172 e. The molecular formula is C13H16N4O. The molecule has 0 fully saturated rings. The molecule has 0 saturated heterocycles. The molecule has 0 aliphatic rings. The zero-order valence-electron chi connectivity index (χ0n) is 10.7. The minimum atomic E-state index is 0.0933. The number of nitrogens with zero attached hydrogens (tertiary/aromatic N) is 3. The van der Waals surface area contributed by atoms with Crippen LogP contribution in [0, 0.1) is 20.8 Å². The van der Waals surface area contributed by atoms with Crippen LogP contribution < -0.4 is 5.73 Å². The Morgan fingerprint density at radius 3 is 2.61 bits per heavy atom. The standard InChI is InChI=1S/C13H16N4O/c1-8-4-5-11(13(14)16-18)12(6-8)17-7-15-9(2)10(17)3/h4-7,18H,1-3H3,(H2,14,16). The number of rotatable bonds is 2. The summed E-state index contributed by atoms with van der Waals surface area (Å²) in [5.74, 6) is 0.0933. The third kappa shape index (κ3) is 1.95. The van der Waals surface area contributed by atoms with Gasteiger partial charge in [0.25, 0.3) is 0 Å². The lowest BCUT2D eigenvalue weighted by molar-refractivity contribution is 0.318. The SMILES string of the molecule is Cc1ccc(C(N)=NO)c(-n2cnc(C)c2C)c1. The van der Waals surface area contributed by atoms with E-state index in [1.165, 1.54) is 0 Å². The summed E-state index contributed by atoms with van der Waals surface area (Å²) in [6.07, 6.45) is 1.74. The molecule has 0 radical (unpaired) electrons. The summed E-state index contributed by atoms with van der Waals surface area (Å²) in [6.45, 7) is 5.93. The number of imidazole rings is 1. The summed E-state index contributed by atoms with van der Waals surface area (Å²) in [6, 6.07) is 5.76. The van der Waals surface area contributed by atoms with Crippen molar-refractivity contribution >= 4 is 5.84 Å². The molecule has 1 heterocycles. The summed E-state index contributed by atoms with van der Waals surface area (Å²) >= 11 is 0. The largest absolute Gasteiger partial charge is 0.409 e. The molecule has 1 aromatic carbocycles. The molecule has 2 rings (SSSR count). The third-order valence-electron chi connectivity index (χ3n) is 3.05. The monoisotopic (exact) mass is 244 g/mol. The van der Waals surface area contributed by atoms with Gasteiger partial charge in [0.15, 0.2) is 5.84 Å². The summed E-state index contributed by atoms with van der Waals surface area (Å²) in [5.41, 5.74) is 10.4. The highest BCUT2D eigenvalue weighted by atomic mass is 16.4. The number of hydrogen-bond acceptors (Lipinski definition) is 3. The molecule has 0 unspecified atom stereocenters. The van der Waals surface area contributed by atoms with Crippen LogP contribution in [0.25, 0.3) is 5.69 Å². The maximum atomic E-state index is 8.84. The Hall–Kier alpha value is -2.30. The summed E-state index contributed by atoms with van der Waals surface area (Å²) in [4.78, 5) is 4.27. The van der Waals surface area contributed by atoms with Crippen molar-refractivity contribution in [3.63, 3.8) is 0 Å². The van der Waals surface area contributed by atoms with Crippen molar-refractivity contribution < 1.29 is 5.21 Å². The Labute approximate surface area is 106 Å². The topological polar surface area (TPSA) is 76.4 Å². The van der Waals surface area contributed by atoms with Gasteiger partial charge in [0.2, 0.25) is 0 Å². The number of amidine groups is 1. The fourth-order valence-corrected chi connectivity index (χ4v) is 1.85. The average Bonchev–Trinajstić information content (AvgIpc) is 2.69. The minimum absolute atomic E-state index is 0.0933. The molecule has 0 bridgehead atoms. The van der Waals surface area contributed by atoms with E-state index in [9.17, 15) is 0 Å². The predicted octanol–water partition coefficient (Wildman–Crippen LogP) is 1.89. The first-order chi connectivity index (χ1) is 8.54. The van der Waals surface area contributed by atoms with Gasteiger partial charge < -0.3 is 15.5 Å². The van der Waals surface area contributed by atoms with Crippen LogP contribution >= 0.6 is 0 Å². The van der Waals surface area contributed by atoms with Crippen LogP contribution in [-0.2, 0) is 0 Å². The molecule has 0 atom stereocenters. The van der Waals surface area contributed by atoms with E-state index in [4.69, 9.17) is 10.9 Å². The van der Waals surface area contributed by atoms with E-state index < -0.39 is 0 Å². The first-order valence-electron chi connectivity index (χ1n) is 5.64. The van der Waals surface area contributed by atoms with E-state index in [0.717, 1.165) is 22.6 Å². The molecule has 0 aliphatic heterocycles. The van der Waals surface area contributed by atoms with Crippen molar-refractivity contribution in [1.29, 1.82) is 0 Å². The fourth-order valence-electron chi connectivity index (χ4n) is 1.85. The number of aromatic nitrogens is 2. The van der Waals surface area contributed by atoms with Crippen LogP contribution in [0.4, 0.5) is 0 Å². The lowest BCUT2D eigenvalue weighted by Crippen LogP contribution is -2.16. The van der Waals surface area contributed by atoms with Gasteiger partial charge in [-0.1, -0.05) is 11.2 Å². The fraction of sp³-hybridized carbons (Fsp3) is 0.231. The molecule has 3 N–H and O–H groups in total. The van der Waals surface area contributed by atoms with Crippen molar-refractivity contribution in [2.24, 2.45) is 10.9 Å². The number of nitrogens with two attached hydrogens (primary N) is 1. The molecular weight excluding hydrogens is 228 g/mol. The zero-order chi connectivity index (χ0) is 13.3. The van der Waals surface area contributed by atoms with Gasteiger partial charge >= 0.3 is 0 Å². The minimum Gasteiger partial charge on any atom is -0.409 e. The van der Waals surface area contributed by atoms with Gasteiger partial charge in [0.05, 0.1) is 17.7 Å². The van der Waals surface area contributed by atoms with E-state index in [0.29, 0.717) is 5.56 Å². The molecule has 0 saturated carbocycles. The summed E-state index contributed by atoms with van der Waals surface area (Å²) < 4.78 is 1.94. The first kappa shape index (κ1) is 12.2. The van der Waals surface area contributed by atoms with Crippen molar-refractivity contribution in [2.75, 3.05) is 0 Å². The Bertz CT molecular complexity index is 613. The Morgan fingerprint density at radius 1 is 1.33 bits per heavy atom. The van der Waals surface area contributed by atoms with Crippen molar-refractivity contribution in [1.82, 2.24) is 9.55 Å². The van der Waals surface area contributed by atoms with E-state index in [2.05, 4.69) is 10.1 Å². The average molecular weight is 244 g/mol. The van der Waals surface area contributed by atoms with Gasteiger partial charge in [-0.15, -0.1) is 0 Å². The van der Waals surface area contributed by atoms with Crippen LogP contribution in [0.2, 0.25) is 0 Å². The molecule has 18 heavy (non-hydrogen) atoms. The second-order valence-electron chi connectivity index (χ2n) is 4.29. The molecule has 2 aromatic rings. The van der Waals surface area contributed by atoms with Crippen LogP contribution in [0.5, 0.6) is 0 Å². The highest BCUT2D eigenvalue weighted by Crippen LogP contribution is 2.19. The van der Waals surface area contributed by atoms with Crippen LogP contribution in [0.1, 0.15) is 22.5 Å². The lowest BCUT2D eigenvalue weighted by Gasteiger charge is -2.12. The van der Waals surface area contributed by atoms with Gasteiger partial charge in [-0.25, -0.2) is 4.98 Å². The van der Waals surface area contributed by atoms with Gasteiger partial charge in [-0.2, -0.15) is 0 Å². The highest BCUT2D eigenvalue weighted by Gasteiger charge is 2.12.